The van der Waals surface area contributed by atoms with Gasteiger partial charge in [-0.05, 0) is 61.9 Å². The van der Waals surface area contributed by atoms with E-state index in [1.165, 1.54) is 16.3 Å². The predicted octanol–water partition coefficient (Wildman–Crippen LogP) is 4.89. The number of primary amides is 1. The van der Waals surface area contributed by atoms with Gasteiger partial charge in [0.05, 0.1) is 11.6 Å². The molecular formula is C38H49F2N7O4. The molecule has 0 bridgehead atoms. The Hall–Kier alpha value is -4.65. The Bertz CT molecular complexity index is 1660. The van der Waals surface area contributed by atoms with Gasteiger partial charge in [0.1, 0.15) is 11.7 Å². The molecule has 0 spiro atoms. The number of hydrogen-bond donors (Lipinski definition) is 3. The molecule has 51 heavy (non-hydrogen) atoms. The molecule has 3 aromatic rings. The second-order valence-electron chi connectivity index (χ2n) is 14.0. The lowest BCUT2D eigenvalue weighted by atomic mass is 9.76. The van der Waals surface area contributed by atoms with Crippen LogP contribution in [-0.2, 0) is 27.3 Å². The van der Waals surface area contributed by atoms with Gasteiger partial charge in [0.15, 0.2) is 0 Å². The molecule has 11 nitrogen and oxygen atoms in total. The molecule has 2 heterocycles. The van der Waals surface area contributed by atoms with Crippen molar-refractivity contribution >= 4 is 29.3 Å². The molecule has 1 saturated heterocycles. The van der Waals surface area contributed by atoms with Crippen LogP contribution in [-0.4, -0.2) is 81.4 Å². The fourth-order valence-corrected chi connectivity index (χ4v) is 6.99. The van der Waals surface area contributed by atoms with Crippen LogP contribution in [0, 0.1) is 5.92 Å². The molecule has 1 aromatic heterocycles. The number of nitrogens with zero attached hydrogens (tertiary/aromatic N) is 4. The number of alkyl halides is 2. The minimum absolute atomic E-state index is 0.130. The van der Waals surface area contributed by atoms with Crippen LogP contribution in [0.3, 0.4) is 0 Å². The second-order valence-corrected chi connectivity index (χ2v) is 14.0. The summed E-state index contributed by atoms with van der Waals surface area (Å²) in [4.78, 5) is 56.3. The Morgan fingerprint density at radius 1 is 0.941 bits per heavy atom. The number of carbonyl (C=O) groups is 4. The van der Waals surface area contributed by atoms with Gasteiger partial charge in [0.2, 0.25) is 23.6 Å². The van der Waals surface area contributed by atoms with Crippen LogP contribution in [0.4, 0.5) is 14.5 Å². The third kappa shape index (κ3) is 9.78. The van der Waals surface area contributed by atoms with Crippen molar-refractivity contribution in [3.63, 3.8) is 0 Å². The molecule has 4 N–H and O–H groups in total. The number of nitrogens with two attached hydrogens (primary N) is 1. The Kier molecular flexibility index (Phi) is 12.2. The van der Waals surface area contributed by atoms with Crippen LogP contribution < -0.4 is 16.4 Å². The molecule has 2 aliphatic rings. The van der Waals surface area contributed by atoms with E-state index in [0.29, 0.717) is 24.5 Å². The molecule has 0 unspecified atom stereocenters. The molecule has 274 valence electrons. The zero-order chi connectivity index (χ0) is 36.7. The van der Waals surface area contributed by atoms with Crippen molar-refractivity contribution in [2.24, 2.45) is 11.7 Å². The first kappa shape index (κ1) is 37.6. The van der Waals surface area contributed by atoms with Gasteiger partial charge in [-0.15, -0.1) is 0 Å². The first-order valence-electron chi connectivity index (χ1n) is 17.8. The molecule has 2 aromatic carbocycles. The largest absolute Gasteiger partial charge is 0.364 e. The Morgan fingerprint density at radius 2 is 1.59 bits per heavy atom. The van der Waals surface area contributed by atoms with Crippen LogP contribution in [0.2, 0.25) is 0 Å². The molecule has 4 amide bonds. The Labute approximate surface area is 297 Å². The SMILES string of the molecule is CCC(=O)N[C@H](Cc1ccc(NC(=O)[C@H](c2cc(C(N)=O)n(C(C)C)n2)C2CCC(F)(F)CC2)cc1)C(=O)N1CCN(Cc2ccccc2)CC1. The average Bonchev–Trinajstić information content (AvgIpc) is 3.56. The fourth-order valence-electron chi connectivity index (χ4n) is 6.99. The van der Waals surface area contributed by atoms with Crippen LogP contribution in [0.1, 0.15) is 92.1 Å². The summed E-state index contributed by atoms with van der Waals surface area (Å²) in [5, 5.41) is 10.4. The number of anilines is 1. The number of rotatable bonds is 13. The standard InChI is InChI=1S/C38H49F2N7O4/c1-4-33(48)43-31(37(51)46-20-18-45(19-21-46)24-27-8-6-5-7-9-27)22-26-10-12-29(13-11-26)42-36(50)34(28-14-16-38(39,40)17-15-28)30-23-32(35(41)49)47(44-30)25(2)3/h5-13,23,25,28,31,34H,4,14-22,24H2,1-3H3,(H2,41,49)(H,42,50)(H,43,48)/t31-,34+/m1/s1. The van der Waals surface area contributed by atoms with E-state index in [2.05, 4.69) is 32.8 Å². The molecule has 1 aliphatic heterocycles. The van der Waals surface area contributed by atoms with Gasteiger partial charge in [0, 0.05) is 70.1 Å². The third-order valence-corrected chi connectivity index (χ3v) is 9.88. The summed E-state index contributed by atoms with van der Waals surface area (Å²) < 4.78 is 29.7. The van der Waals surface area contributed by atoms with Crippen molar-refractivity contribution in [1.82, 2.24) is 24.9 Å². The summed E-state index contributed by atoms with van der Waals surface area (Å²) >= 11 is 0. The van der Waals surface area contributed by atoms with Crippen molar-refractivity contribution in [1.29, 1.82) is 0 Å². The number of carbonyl (C=O) groups excluding carboxylic acids is 4. The van der Waals surface area contributed by atoms with E-state index in [0.717, 1.165) is 25.2 Å². The summed E-state index contributed by atoms with van der Waals surface area (Å²) in [5.74, 6) is -5.53. The minimum Gasteiger partial charge on any atom is -0.364 e. The Balaban J connectivity index is 1.27. The maximum absolute atomic E-state index is 14.1. The molecular weight excluding hydrogens is 656 g/mol. The van der Waals surface area contributed by atoms with Gasteiger partial charge in [-0.3, -0.25) is 28.8 Å². The number of halogens is 2. The molecule has 13 heteroatoms. The summed E-state index contributed by atoms with van der Waals surface area (Å²) in [6, 6.07) is 17.7. The summed E-state index contributed by atoms with van der Waals surface area (Å²) in [7, 11) is 0. The van der Waals surface area contributed by atoms with E-state index >= 15 is 0 Å². The average molecular weight is 706 g/mol. The lowest BCUT2D eigenvalue weighted by Crippen LogP contribution is -2.55. The van der Waals surface area contributed by atoms with Gasteiger partial charge >= 0.3 is 0 Å². The molecule has 2 fully saturated rings. The van der Waals surface area contributed by atoms with Crippen LogP contribution in [0.15, 0.2) is 60.7 Å². The first-order chi connectivity index (χ1) is 24.3. The number of aromatic nitrogens is 2. The molecule has 2 atom stereocenters. The zero-order valence-corrected chi connectivity index (χ0v) is 29.6. The van der Waals surface area contributed by atoms with Crippen molar-refractivity contribution in [3.8, 4) is 0 Å². The number of hydrogen-bond acceptors (Lipinski definition) is 6. The van der Waals surface area contributed by atoms with Gasteiger partial charge in [0.25, 0.3) is 5.91 Å². The van der Waals surface area contributed by atoms with E-state index in [9.17, 15) is 28.0 Å². The fraction of sp³-hybridized carbons (Fsp3) is 0.500. The monoisotopic (exact) mass is 705 g/mol. The highest BCUT2D eigenvalue weighted by molar-refractivity contribution is 5.97. The minimum atomic E-state index is -2.78. The number of benzene rings is 2. The van der Waals surface area contributed by atoms with E-state index in [-0.39, 0.29) is 62.1 Å². The highest BCUT2D eigenvalue weighted by atomic mass is 19.3. The Morgan fingerprint density at radius 3 is 2.16 bits per heavy atom. The topological polar surface area (TPSA) is 143 Å². The van der Waals surface area contributed by atoms with Crippen LogP contribution >= 0.6 is 0 Å². The van der Waals surface area contributed by atoms with Crippen molar-refractivity contribution in [2.45, 2.75) is 89.8 Å². The van der Waals surface area contributed by atoms with E-state index < -0.39 is 35.6 Å². The first-order valence-corrected chi connectivity index (χ1v) is 17.8. The maximum Gasteiger partial charge on any atom is 0.266 e. The highest BCUT2D eigenvalue weighted by Crippen LogP contribution is 2.43. The zero-order valence-electron chi connectivity index (χ0n) is 29.6. The smallest absolute Gasteiger partial charge is 0.266 e. The van der Waals surface area contributed by atoms with Crippen LogP contribution in [0.25, 0.3) is 0 Å². The number of nitrogens with one attached hydrogen (secondary N) is 2. The number of piperazine rings is 1. The highest BCUT2D eigenvalue weighted by Gasteiger charge is 2.42. The van der Waals surface area contributed by atoms with E-state index in [1.54, 1.807) is 31.2 Å². The summed E-state index contributed by atoms with van der Waals surface area (Å²) in [5.41, 5.74) is 8.56. The normalized spacial score (nSPS) is 17.9. The molecule has 1 saturated carbocycles. The molecule has 0 radical (unpaired) electrons. The van der Waals surface area contributed by atoms with Crippen molar-refractivity contribution in [3.05, 3.63) is 83.2 Å². The van der Waals surface area contributed by atoms with Gasteiger partial charge in [-0.2, -0.15) is 5.10 Å². The van der Waals surface area contributed by atoms with Gasteiger partial charge in [-0.25, -0.2) is 8.78 Å². The predicted molar refractivity (Wildman–Crippen MR) is 190 cm³/mol. The van der Waals surface area contributed by atoms with E-state index in [4.69, 9.17) is 5.73 Å². The van der Waals surface area contributed by atoms with Gasteiger partial charge < -0.3 is 21.3 Å². The summed E-state index contributed by atoms with van der Waals surface area (Å²) in [6.07, 6.45) is 0.111. The lowest BCUT2D eigenvalue weighted by molar-refractivity contribution is -0.138. The second kappa shape index (κ2) is 16.6. The van der Waals surface area contributed by atoms with Crippen molar-refractivity contribution < 1.29 is 28.0 Å². The molecule has 1 aliphatic carbocycles. The molecule has 5 rings (SSSR count). The van der Waals surface area contributed by atoms with Gasteiger partial charge in [-0.1, -0.05) is 49.4 Å². The van der Waals surface area contributed by atoms with Crippen LogP contribution in [0.5, 0.6) is 0 Å². The number of amides is 4. The quantitative estimate of drug-likeness (QED) is 0.231. The lowest BCUT2D eigenvalue weighted by Gasteiger charge is -2.36. The summed E-state index contributed by atoms with van der Waals surface area (Å²) in [6.45, 7) is 8.81. The van der Waals surface area contributed by atoms with Crippen molar-refractivity contribution in [2.75, 3.05) is 31.5 Å². The maximum atomic E-state index is 14.1. The third-order valence-electron chi connectivity index (χ3n) is 9.88. The van der Waals surface area contributed by atoms with E-state index in [1.807, 2.05) is 36.9 Å².